The van der Waals surface area contributed by atoms with E-state index in [0.29, 0.717) is 0 Å². The molecular weight excluding hydrogens is 120 g/mol. The lowest BCUT2D eigenvalue weighted by atomic mass is 10.3. The molecule has 1 aliphatic heterocycles. The molecule has 9 heavy (non-hydrogen) atoms. The van der Waals surface area contributed by atoms with Crippen LogP contribution in [0.25, 0.3) is 0 Å². The topological polar surface area (TPSA) is 46.5 Å². The van der Waals surface area contributed by atoms with Crippen molar-refractivity contribution in [1.29, 1.82) is 0 Å². The van der Waals surface area contributed by atoms with Crippen molar-refractivity contribution in [3.63, 3.8) is 0 Å². The third-order valence-corrected chi connectivity index (χ3v) is 1.16. The summed E-state index contributed by atoms with van der Waals surface area (Å²) in [5, 5.41) is 8.35. The Labute approximate surface area is 52.9 Å². The Kier molecular flexibility index (Phi) is 1.53. The van der Waals surface area contributed by atoms with Crippen molar-refractivity contribution in [2.75, 3.05) is 0 Å². The van der Waals surface area contributed by atoms with Crippen molar-refractivity contribution in [3.8, 4) is 0 Å². The second kappa shape index (κ2) is 2.19. The Bertz CT molecular complexity index is 150. The van der Waals surface area contributed by atoms with Crippen LogP contribution in [-0.4, -0.2) is 23.3 Å². The van der Waals surface area contributed by atoms with E-state index >= 15 is 0 Å². The molecule has 0 bridgehead atoms. The van der Waals surface area contributed by atoms with Crippen LogP contribution in [-0.2, 0) is 9.53 Å². The van der Waals surface area contributed by atoms with Gasteiger partial charge in [0.25, 0.3) is 0 Å². The first-order chi connectivity index (χ1) is 4.20. The van der Waals surface area contributed by atoms with Gasteiger partial charge in [-0.25, -0.2) is 4.79 Å². The minimum Gasteiger partial charge on any atom is -0.479 e. The van der Waals surface area contributed by atoms with Gasteiger partial charge >= 0.3 is 5.97 Å². The summed E-state index contributed by atoms with van der Waals surface area (Å²) in [5.41, 5.74) is 0. The minimum absolute atomic E-state index is 0.0499. The van der Waals surface area contributed by atoms with E-state index in [1.807, 2.05) is 0 Å². The normalized spacial score (nSPS) is 33.0. The van der Waals surface area contributed by atoms with Gasteiger partial charge in [-0.3, -0.25) is 0 Å². The largest absolute Gasteiger partial charge is 0.479 e. The van der Waals surface area contributed by atoms with E-state index in [4.69, 9.17) is 9.84 Å². The fourth-order valence-corrected chi connectivity index (χ4v) is 0.720. The van der Waals surface area contributed by atoms with Crippen LogP contribution >= 0.6 is 0 Å². The van der Waals surface area contributed by atoms with Gasteiger partial charge in [-0.15, -0.1) is 0 Å². The standard InChI is InChI=1S/C6H8O3/c1-4-2-3-5(9-4)6(7)8/h2-5H,1H3,(H,7,8)/t4-,5-/m0/s1. The van der Waals surface area contributed by atoms with Gasteiger partial charge in [0.05, 0.1) is 6.10 Å². The van der Waals surface area contributed by atoms with Gasteiger partial charge in [0, 0.05) is 0 Å². The number of carboxylic acid groups (broad SMARTS) is 1. The smallest absolute Gasteiger partial charge is 0.336 e. The first-order valence-electron chi connectivity index (χ1n) is 2.77. The number of hydrogen-bond acceptors (Lipinski definition) is 2. The van der Waals surface area contributed by atoms with Crippen molar-refractivity contribution in [2.45, 2.75) is 19.1 Å². The fourth-order valence-electron chi connectivity index (χ4n) is 0.720. The summed E-state index contributed by atoms with van der Waals surface area (Å²) in [6.07, 6.45) is 2.51. The van der Waals surface area contributed by atoms with Crippen LogP contribution in [0.4, 0.5) is 0 Å². The molecule has 3 heteroatoms. The van der Waals surface area contributed by atoms with E-state index < -0.39 is 12.1 Å². The highest BCUT2D eigenvalue weighted by atomic mass is 16.5. The summed E-state index contributed by atoms with van der Waals surface area (Å²) in [5.74, 6) is -0.921. The molecular formula is C6H8O3. The summed E-state index contributed by atoms with van der Waals surface area (Å²) in [6, 6.07) is 0. The van der Waals surface area contributed by atoms with Gasteiger partial charge in [-0.1, -0.05) is 6.08 Å². The fraction of sp³-hybridized carbons (Fsp3) is 0.500. The summed E-state index contributed by atoms with van der Waals surface area (Å²) < 4.78 is 4.91. The van der Waals surface area contributed by atoms with Gasteiger partial charge in [0.1, 0.15) is 0 Å². The maximum absolute atomic E-state index is 10.2. The molecule has 0 aromatic carbocycles. The lowest BCUT2D eigenvalue weighted by Crippen LogP contribution is -2.19. The molecule has 0 aliphatic carbocycles. The Hall–Kier alpha value is -0.830. The predicted molar refractivity (Wildman–Crippen MR) is 31.1 cm³/mol. The van der Waals surface area contributed by atoms with E-state index in [1.165, 1.54) is 0 Å². The summed E-state index contributed by atoms with van der Waals surface area (Å²) >= 11 is 0. The molecule has 0 unspecified atom stereocenters. The highest BCUT2D eigenvalue weighted by molar-refractivity contribution is 5.75. The Morgan fingerprint density at radius 1 is 1.67 bits per heavy atom. The van der Waals surface area contributed by atoms with E-state index in [-0.39, 0.29) is 6.10 Å². The van der Waals surface area contributed by atoms with Crippen LogP contribution in [0.1, 0.15) is 6.92 Å². The number of carboxylic acids is 1. The summed E-state index contributed by atoms with van der Waals surface area (Å²) in [7, 11) is 0. The average Bonchev–Trinajstić information content (AvgIpc) is 2.14. The molecule has 1 N–H and O–H groups in total. The maximum Gasteiger partial charge on any atom is 0.336 e. The first-order valence-corrected chi connectivity index (χ1v) is 2.77. The lowest BCUT2D eigenvalue weighted by molar-refractivity contribution is -0.147. The highest BCUT2D eigenvalue weighted by Gasteiger charge is 2.21. The van der Waals surface area contributed by atoms with Crippen molar-refractivity contribution in [1.82, 2.24) is 0 Å². The molecule has 2 atom stereocenters. The molecule has 50 valence electrons. The van der Waals surface area contributed by atoms with Crippen LogP contribution in [0.2, 0.25) is 0 Å². The predicted octanol–water partition coefficient (Wildman–Crippen LogP) is 0.414. The van der Waals surface area contributed by atoms with E-state index in [9.17, 15) is 4.79 Å². The van der Waals surface area contributed by atoms with Gasteiger partial charge in [-0.05, 0) is 13.0 Å². The second-order valence-corrected chi connectivity index (χ2v) is 1.98. The molecule has 0 saturated carbocycles. The third-order valence-electron chi connectivity index (χ3n) is 1.16. The van der Waals surface area contributed by atoms with E-state index in [1.54, 1.807) is 19.1 Å². The number of ether oxygens (including phenoxy) is 1. The maximum atomic E-state index is 10.2. The molecule has 0 aromatic heterocycles. The van der Waals surface area contributed by atoms with Gasteiger partial charge in [0.2, 0.25) is 0 Å². The molecule has 0 spiro atoms. The van der Waals surface area contributed by atoms with E-state index in [2.05, 4.69) is 0 Å². The number of hydrogen-bond donors (Lipinski definition) is 1. The third kappa shape index (κ3) is 1.29. The number of rotatable bonds is 1. The van der Waals surface area contributed by atoms with Crippen molar-refractivity contribution >= 4 is 5.97 Å². The molecule has 0 aromatic rings. The van der Waals surface area contributed by atoms with Crippen LogP contribution in [0, 0.1) is 0 Å². The van der Waals surface area contributed by atoms with Gasteiger partial charge in [0.15, 0.2) is 6.10 Å². The summed E-state index contributed by atoms with van der Waals surface area (Å²) in [4.78, 5) is 10.2. The molecule has 0 radical (unpaired) electrons. The SMILES string of the molecule is C[C@H]1C=C[C@@H](C(=O)O)O1. The molecule has 0 saturated heterocycles. The van der Waals surface area contributed by atoms with Crippen LogP contribution in [0.15, 0.2) is 12.2 Å². The Morgan fingerprint density at radius 3 is 2.56 bits per heavy atom. The van der Waals surface area contributed by atoms with Crippen molar-refractivity contribution in [3.05, 3.63) is 12.2 Å². The summed E-state index contributed by atoms with van der Waals surface area (Å²) in [6.45, 7) is 1.81. The van der Waals surface area contributed by atoms with Crippen molar-refractivity contribution in [2.24, 2.45) is 0 Å². The molecule has 3 nitrogen and oxygen atoms in total. The zero-order valence-corrected chi connectivity index (χ0v) is 5.07. The first kappa shape index (κ1) is 6.29. The van der Waals surface area contributed by atoms with Crippen LogP contribution in [0.3, 0.4) is 0 Å². The molecule has 1 aliphatic rings. The highest BCUT2D eigenvalue weighted by Crippen LogP contribution is 2.09. The van der Waals surface area contributed by atoms with Gasteiger partial charge < -0.3 is 9.84 Å². The zero-order valence-electron chi connectivity index (χ0n) is 5.07. The number of carbonyl (C=O) groups is 1. The second-order valence-electron chi connectivity index (χ2n) is 1.98. The minimum atomic E-state index is -0.921. The Balaban J connectivity index is 2.50. The zero-order chi connectivity index (χ0) is 6.85. The lowest BCUT2D eigenvalue weighted by Gasteiger charge is -2.03. The van der Waals surface area contributed by atoms with Gasteiger partial charge in [-0.2, -0.15) is 0 Å². The molecule has 0 amide bonds. The average molecular weight is 128 g/mol. The molecule has 1 heterocycles. The quantitative estimate of drug-likeness (QED) is 0.520. The van der Waals surface area contributed by atoms with Crippen LogP contribution < -0.4 is 0 Å². The molecule has 0 fully saturated rings. The molecule has 1 rings (SSSR count). The van der Waals surface area contributed by atoms with Crippen molar-refractivity contribution < 1.29 is 14.6 Å². The monoisotopic (exact) mass is 128 g/mol. The Morgan fingerprint density at radius 2 is 2.33 bits per heavy atom. The van der Waals surface area contributed by atoms with Crippen LogP contribution in [0.5, 0.6) is 0 Å². The van der Waals surface area contributed by atoms with E-state index in [0.717, 1.165) is 0 Å². The number of aliphatic carboxylic acids is 1.